The maximum absolute atomic E-state index is 6.63. The predicted octanol–water partition coefficient (Wildman–Crippen LogP) is 5.34. The molecule has 26 heavy (non-hydrogen) atoms. The first-order valence-electron chi connectivity index (χ1n) is 10.0. The average molecular weight is 371 g/mol. The predicted molar refractivity (Wildman–Crippen MR) is 103 cm³/mol. The zero-order valence-corrected chi connectivity index (χ0v) is 15.9. The van der Waals surface area contributed by atoms with Crippen LogP contribution in [0.25, 0.3) is 0 Å². The van der Waals surface area contributed by atoms with Gasteiger partial charge in [-0.2, -0.15) is 0 Å². The maximum Gasteiger partial charge on any atom is 0.0946 e. The van der Waals surface area contributed by atoms with Crippen molar-refractivity contribution in [3.63, 3.8) is 0 Å². The van der Waals surface area contributed by atoms with E-state index in [4.69, 9.17) is 16.3 Å². The summed E-state index contributed by atoms with van der Waals surface area (Å²) in [6.07, 6.45) is 14.6. The molecule has 2 aromatic rings. The van der Waals surface area contributed by atoms with Gasteiger partial charge >= 0.3 is 0 Å². The fraction of sp³-hybridized carbons (Fsp3) is 0.591. The molecular weight excluding hydrogens is 344 g/mol. The first kappa shape index (κ1) is 16.8. The number of benzene rings is 1. The van der Waals surface area contributed by atoms with Crippen LogP contribution in [0.5, 0.6) is 0 Å². The van der Waals surface area contributed by atoms with Crippen LogP contribution in [-0.4, -0.2) is 15.7 Å². The van der Waals surface area contributed by atoms with Gasteiger partial charge in [-0.15, -0.1) is 0 Å². The van der Waals surface area contributed by atoms with E-state index in [1.165, 1.54) is 44.1 Å². The molecular formula is C22H27ClN2O. The molecule has 0 amide bonds. The second-order valence-electron chi connectivity index (χ2n) is 8.97. The standard InChI is InChI=1S/C22H27ClN2O/c23-20-3-1-16(2-4-20)14-26-21(13-25-6-5-24-15-25)22-10-17-7-18(11-22)9-19(8-17)12-22/h1-6,15,17-19,21H,7-14H2. The summed E-state index contributed by atoms with van der Waals surface area (Å²) in [6.45, 7) is 1.58. The lowest BCUT2D eigenvalue weighted by molar-refractivity contribution is -0.151. The highest BCUT2D eigenvalue weighted by Gasteiger charge is 2.54. The number of nitrogens with zero attached hydrogens (tertiary/aromatic N) is 2. The van der Waals surface area contributed by atoms with Crippen LogP contribution < -0.4 is 0 Å². The van der Waals surface area contributed by atoms with Gasteiger partial charge in [0.05, 0.1) is 25.6 Å². The SMILES string of the molecule is Clc1ccc(COC(Cn2ccnc2)C23CC4CC(CC(C4)C2)C3)cc1. The van der Waals surface area contributed by atoms with Crippen molar-refractivity contribution >= 4 is 11.6 Å². The monoisotopic (exact) mass is 370 g/mol. The number of ether oxygens (including phenoxy) is 1. The third kappa shape index (κ3) is 3.20. The van der Waals surface area contributed by atoms with E-state index >= 15 is 0 Å². The number of imidazole rings is 1. The van der Waals surface area contributed by atoms with Gasteiger partial charge in [0.2, 0.25) is 0 Å². The molecule has 4 bridgehead atoms. The number of aromatic nitrogens is 2. The van der Waals surface area contributed by atoms with Crippen LogP contribution in [0.2, 0.25) is 5.02 Å². The lowest BCUT2D eigenvalue weighted by Crippen LogP contribution is -2.53. The molecule has 138 valence electrons. The molecule has 3 nitrogen and oxygen atoms in total. The fourth-order valence-electron chi connectivity index (χ4n) is 6.36. The maximum atomic E-state index is 6.63. The lowest BCUT2D eigenvalue weighted by Gasteiger charge is -2.59. The molecule has 0 saturated heterocycles. The Morgan fingerprint density at radius 3 is 2.31 bits per heavy atom. The van der Waals surface area contributed by atoms with E-state index in [0.29, 0.717) is 12.0 Å². The molecule has 1 aromatic heterocycles. The minimum Gasteiger partial charge on any atom is -0.371 e. The molecule has 4 aliphatic rings. The van der Waals surface area contributed by atoms with Gasteiger partial charge in [-0.05, 0) is 79.4 Å². The van der Waals surface area contributed by atoms with E-state index in [1.54, 1.807) is 0 Å². The molecule has 4 saturated carbocycles. The molecule has 6 rings (SSSR count). The van der Waals surface area contributed by atoms with Gasteiger partial charge in [-0.1, -0.05) is 23.7 Å². The van der Waals surface area contributed by atoms with Crippen molar-refractivity contribution in [2.75, 3.05) is 0 Å². The summed E-state index contributed by atoms with van der Waals surface area (Å²) in [5.41, 5.74) is 1.57. The van der Waals surface area contributed by atoms with Gasteiger partial charge in [0.25, 0.3) is 0 Å². The Labute approximate surface area is 160 Å². The van der Waals surface area contributed by atoms with E-state index in [1.807, 2.05) is 24.7 Å². The zero-order chi connectivity index (χ0) is 17.6. The molecule has 4 aliphatic carbocycles. The Morgan fingerprint density at radius 1 is 1.08 bits per heavy atom. The van der Waals surface area contributed by atoms with Crippen LogP contribution in [0.15, 0.2) is 43.0 Å². The van der Waals surface area contributed by atoms with E-state index < -0.39 is 0 Å². The molecule has 1 heterocycles. The Morgan fingerprint density at radius 2 is 1.73 bits per heavy atom. The first-order chi connectivity index (χ1) is 12.7. The van der Waals surface area contributed by atoms with E-state index in [0.717, 1.165) is 29.3 Å². The van der Waals surface area contributed by atoms with Crippen molar-refractivity contribution in [3.8, 4) is 0 Å². The Kier molecular flexibility index (Phi) is 4.33. The van der Waals surface area contributed by atoms with Crippen molar-refractivity contribution in [1.82, 2.24) is 9.55 Å². The summed E-state index contributed by atoms with van der Waals surface area (Å²) in [7, 11) is 0. The molecule has 1 atom stereocenters. The average Bonchev–Trinajstić information content (AvgIpc) is 3.12. The minimum atomic E-state index is 0.265. The number of hydrogen-bond acceptors (Lipinski definition) is 2. The summed E-state index contributed by atoms with van der Waals surface area (Å²) in [4.78, 5) is 4.24. The van der Waals surface area contributed by atoms with Crippen LogP contribution >= 0.6 is 11.6 Å². The number of rotatable bonds is 6. The Hall–Kier alpha value is -1.32. The highest BCUT2D eigenvalue weighted by Crippen LogP contribution is 2.62. The van der Waals surface area contributed by atoms with Gasteiger partial charge in [0.1, 0.15) is 0 Å². The highest BCUT2D eigenvalue weighted by molar-refractivity contribution is 6.30. The van der Waals surface area contributed by atoms with E-state index in [2.05, 4.69) is 27.9 Å². The summed E-state index contributed by atoms with van der Waals surface area (Å²) in [5, 5.41) is 0.782. The highest BCUT2D eigenvalue weighted by atomic mass is 35.5. The van der Waals surface area contributed by atoms with E-state index in [9.17, 15) is 0 Å². The molecule has 0 spiro atoms. The van der Waals surface area contributed by atoms with Gasteiger partial charge in [-0.3, -0.25) is 0 Å². The summed E-state index contributed by atoms with van der Waals surface area (Å²) in [5.74, 6) is 2.81. The Balaban J connectivity index is 1.38. The lowest BCUT2D eigenvalue weighted by atomic mass is 9.48. The smallest absolute Gasteiger partial charge is 0.0946 e. The fourth-order valence-corrected chi connectivity index (χ4v) is 6.48. The van der Waals surface area contributed by atoms with Crippen LogP contribution in [0.1, 0.15) is 44.1 Å². The molecule has 0 aliphatic heterocycles. The summed E-state index contributed by atoms with van der Waals surface area (Å²) < 4.78 is 8.83. The van der Waals surface area contributed by atoms with Crippen molar-refractivity contribution < 1.29 is 4.74 Å². The quantitative estimate of drug-likeness (QED) is 0.686. The van der Waals surface area contributed by atoms with Crippen LogP contribution in [0.3, 0.4) is 0 Å². The second kappa shape index (κ2) is 6.69. The number of halogens is 1. The molecule has 1 aromatic carbocycles. The van der Waals surface area contributed by atoms with E-state index in [-0.39, 0.29) is 6.10 Å². The molecule has 0 N–H and O–H groups in total. The van der Waals surface area contributed by atoms with Gasteiger partial charge in [-0.25, -0.2) is 4.98 Å². The Bertz CT molecular complexity index is 705. The largest absolute Gasteiger partial charge is 0.371 e. The third-order valence-electron chi connectivity index (χ3n) is 7.07. The van der Waals surface area contributed by atoms with Crippen LogP contribution in [0, 0.1) is 23.2 Å². The van der Waals surface area contributed by atoms with Crippen LogP contribution in [-0.2, 0) is 17.9 Å². The third-order valence-corrected chi connectivity index (χ3v) is 7.32. The minimum absolute atomic E-state index is 0.265. The number of hydrogen-bond donors (Lipinski definition) is 0. The summed E-state index contributed by atoms with van der Waals surface area (Å²) >= 11 is 6.03. The molecule has 1 unspecified atom stereocenters. The summed E-state index contributed by atoms with van der Waals surface area (Å²) in [6, 6.07) is 8.07. The first-order valence-corrected chi connectivity index (χ1v) is 10.4. The van der Waals surface area contributed by atoms with Gasteiger partial charge in [0, 0.05) is 17.4 Å². The second-order valence-corrected chi connectivity index (χ2v) is 9.40. The molecule has 4 heteroatoms. The topological polar surface area (TPSA) is 27.1 Å². The van der Waals surface area contributed by atoms with Crippen molar-refractivity contribution in [2.45, 2.75) is 57.8 Å². The van der Waals surface area contributed by atoms with Crippen molar-refractivity contribution in [3.05, 3.63) is 53.6 Å². The van der Waals surface area contributed by atoms with Gasteiger partial charge < -0.3 is 9.30 Å². The van der Waals surface area contributed by atoms with Crippen molar-refractivity contribution in [1.29, 1.82) is 0 Å². The van der Waals surface area contributed by atoms with Crippen LogP contribution in [0.4, 0.5) is 0 Å². The zero-order valence-electron chi connectivity index (χ0n) is 15.2. The molecule has 4 fully saturated rings. The normalized spacial score (nSPS) is 33.5. The molecule has 0 radical (unpaired) electrons. The van der Waals surface area contributed by atoms with Gasteiger partial charge in [0.15, 0.2) is 0 Å². The van der Waals surface area contributed by atoms with Crippen molar-refractivity contribution in [2.24, 2.45) is 23.2 Å².